The highest BCUT2D eigenvalue weighted by Gasteiger charge is 2.32. The first-order valence-corrected chi connectivity index (χ1v) is 11.7. The maximum absolute atomic E-state index is 12.9. The molecule has 0 aliphatic heterocycles. The molecule has 1 atom stereocenters. The Morgan fingerprint density at radius 2 is 1.84 bits per heavy atom. The number of hydrogen-bond acceptors (Lipinski definition) is 6. The van der Waals surface area contributed by atoms with Crippen LogP contribution in [0.15, 0.2) is 36.4 Å². The molecule has 8 nitrogen and oxygen atoms in total. The molecule has 0 fully saturated rings. The van der Waals surface area contributed by atoms with E-state index in [-0.39, 0.29) is 39.3 Å². The van der Waals surface area contributed by atoms with Gasteiger partial charge in [-0.25, -0.2) is 13.2 Å². The molecule has 0 saturated heterocycles. The lowest BCUT2D eigenvalue weighted by molar-refractivity contribution is -0.116. The SMILES string of the molecule is CCOC(=O)c1ccc(NC(=O)[C@@H](C)N(c2cc(Cl)ccc2OC)S(C)(=O)=O)c(Cl)c1. The second-order valence-electron chi connectivity index (χ2n) is 6.46. The van der Waals surface area contributed by atoms with Crippen molar-refractivity contribution in [2.24, 2.45) is 0 Å². The number of benzene rings is 2. The van der Waals surface area contributed by atoms with Gasteiger partial charge in [-0.2, -0.15) is 0 Å². The van der Waals surface area contributed by atoms with Gasteiger partial charge in [-0.3, -0.25) is 9.10 Å². The topological polar surface area (TPSA) is 102 Å². The maximum Gasteiger partial charge on any atom is 0.338 e. The van der Waals surface area contributed by atoms with Crippen molar-refractivity contribution in [2.45, 2.75) is 19.9 Å². The molecule has 0 aliphatic rings. The summed E-state index contributed by atoms with van der Waals surface area (Å²) in [6.45, 7) is 3.30. The Labute approximate surface area is 191 Å². The normalized spacial score (nSPS) is 12.1. The van der Waals surface area contributed by atoms with Gasteiger partial charge in [0.25, 0.3) is 0 Å². The summed E-state index contributed by atoms with van der Waals surface area (Å²) in [7, 11) is -2.52. The van der Waals surface area contributed by atoms with Gasteiger partial charge in [0.05, 0.1) is 41.9 Å². The largest absolute Gasteiger partial charge is 0.495 e. The van der Waals surface area contributed by atoms with Crippen LogP contribution in [0.25, 0.3) is 0 Å². The first kappa shape index (κ1) is 24.8. The third-order valence-corrected chi connectivity index (χ3v) is 5.98. The number of halogens is 2. The molecule has 0 bridgehead atoms. The molecule has 1 amide bonds. The number of esters is 1. The van der Waals surface area contributed by atoms with Crippen LogP contribution in [-0.4, -0.2) is 46.3 Å². The third kappa shape index (κ3) is 6.03. The molecule has 11 heteroatoms. The van der Waals surface area contributed by atoms with Crippen molar-refractivity contribution in [3.8, 4) is 5.75 Å². The van der Waals surface area contributed by atoms with Gasteiger partial charge in [-0.1, -0.05) is 23.2 Å². The van der Waals surface area contributed by atoms with Crippen LogP contribution >= 0.6 is 23.2 Å². The summed E-state index contributed by atoms with van der Waals surface area (Å²) in [5.74, 6) is -0.975. The summed E-state index contributed by atoms with van der Waals surface area (Å²) < 4.78 is 36.1. The first-order valence-electron chi connectivity index (χ1n) is 9.10. The summed E-state index contributed by atoms with van der Waals surface area (Å²) in [5, 5.41) is 2.95. The molecule has 0 unspecified atom stereocenters. The standard InChI is InChI=1S/C20H22Cl2N2O6S/c1-5-30-20(26)13-6-8-16(15(22)10-13)23-19(25)12(2)24(31(4,27)28)17-11-14(21)7-9-18(17)29-3/h6-12H,5H2,1-4H3,(H,23,25)/t12-/m1/s1. The van der Waals surface area contributed by atoms with Crippen LogP contribution in [0, 0.1) is 0 Å². The molecule has 0 aromatic heterocycles. The lowest BCUT2D eigenvalue weighted by Gasteiger charge is -2.29. The molecule has 0 saturated carbocycles. The van der Waals surface area contributed by atoms with Crippen molar-refractivity contribution in [2.75, 3.05) is 29.6 Å². The lowest BCUT2D eigenvalue weighted by atomic mass is 10.2. The molecule has 0 aliphatic carbocycles. The number of amides is 1. The van der Waals surface area contributed by atoms with Gasteiger partial charge >= 0.3 is 5.97 Å². The second-order valence-corrected chi connectivity index (χ2v) is 9.16. The average molecular weight is 489 g/mol. The van der Waals surface area contributed by atoms with Crippen molar-refractivity contribution < 1.29 is 27.5 Å². The van der Waals surface area contributed by atoms with Gasteiger partial charge in [-0.05, 0) is 50.2 Å². The Bertz CT molecular complexity index is 1090. The van der Waals surface area contributed by atoms with Crippen LogP contribution in [0.1, 0.15) is 24.2 Å². The molecule has 0 radical (unpaired) electrons. The zero-order valence-electron chi connectivity index (χ0n) is 17.3. The highest BCUT2D eigenvalue weighted by molar-refractivity contribution is 7.92. The summed E-state index contributed by atoms with van der Waals surface area (Å²) in [6, 6.07) is 7.50. The van der Waals surface area contributed by atoms with E-state index in [1.165, 1.54) is 44.4 Å². The van der Waals surface area contributed by atoms with Crippen LogP contribution in [0.4, 0.5) is 11.4 Å². The highest BCUT2D eigenvalue weighted by Crippen LogP contribution is 2.34. The number of hydrogen-bond donors (Lipinski definition) is 1. The fraction of sp³-hybridized carbons (Fsp3) is 0.300. The number of methoxy groups -OCH3 is 1. The number of carbonyl (C=O) groups excluding carboxylic acids is 2. The van der Waals surface area contributed by atoms with E-state index in [4.69, 9.17) is 32.7 Å². The monoisotopic (exact) mass is 488 g/mol. The number of rotatable bonds is 8. The summed E-state index contributed by atoms with van der Waals surface area (Å²) in [4.78, 5) is 24.7. The second kappa shape index (κ2) is 10.2. The molecule has 2 aromatic rings. The molecule has 0 heterocycles. The number of anilines is 2. The Balaban J connectivity index is 2.35. The van der Waals surface area contributed by atoms with Gasteiger partial charge < -0.3 is 14.8 Å². The molecular weight excluding hydrogens is 467 g/mol. The van der Waals surface area contributed by atoms with E-state index in [0.717, 1.165) is 10.6 Å². The van der Waals surface area contributed by atoms with Gasteiger partial charge in [0.15, 0.2) is 0 Å². The maximum atomic E-state index is 12.9. The van der Waals surface area contributed by atoms with Crippen LogP contribution in [-0.2, 0) is 19.6 Å². The van der Waals surface area contributed by atoms with Gasteiger partial charge in [0.1, 0.15) is 11.8 Å². The molecule has 168 valence electrons. The molecule has 0 spiro atoms. The predicted octanol–water partition coefficient (Wildman–Crippen LogP) is 3.97. The van der Waals surface area contributed by atoms with Gasteiger partial charge in [0.2, 0.25) is 15.9 Å². The summed E-state index contributed by atoms with van der Waals surface area (Å²) in [6.07, 6.45) is 0.970. The number of carbonyl (C=O) groups is 2. The smallest absolute Gasteiger partial charge is 0.338 e. The predicted molar refractivity (Wildman–Crippen MR) is 121 cm³/mol. The first-order chi connectivity index (χ1) is 14.5. The van der Waals surface area contributed by atoms with E-state index >= 15 is 0 Å². The highest BCUT2D eigenvalue weighted by atomic mass is 35.5. The Morgan fingerprint density at radius 1 is 1.16 bits per heavy atom. The van der Waals surface area contributed by atoms with E-state index in [9.17, 15) is 18.0 Å². The van der Waals surface area contributed by atoms with Crippen molar-refractivity contribution in [1.29, 1.82) is 0 Å². The van der Waals surface area contributed by atoms with E-state index in [1.54, 1.807) is 13.0 Å². The fourth-order valence-electron chi connectivity index (χ4n) is 2.81. The quantitative estimate of drug-likeness (QED) is 0.563. The Hall–Kier alpha value is -2.49. The Kier molecular flexibility index (Phi) is 8.16. The zero-order chi connectivity index (χ0) is 23.3. The van der Waals surface area contributed by atoms with E-state index in [1.807, 2.05) is 0 Å². The van der Waals surface area contributed by atoms with E-state index < -0.39 is 27.9 Å². The van der Waals surface area contributed by atoms with Crippen LogP contribution in [0.5, 0.6) is 5.75 Å². The van der Waals surface area contributed by atoms with E-state index in [2.05, 4.69) is 5.32 Å². The lowest BCUT2D eigenvalue weighted by Crippen LogP contribution is -2.45. The number of ether oxygens (including phenoxy) is 2. The van der Waals surface area contributed by atoms with Crippen LogP contribution in [0.2, 0.25) is 10.0 Å². The minimum atomic E-state index is -3.90. The minimum Gasteiger partial charge on any atom is -0.495 e. The third-order valence-electron chi connectivity index (χ3n) is 4.20. The van der Waals surface area contributed by atoms with E-state index in [0.29, 0.717) is 0 Å². The zero-order valence-corrected chi connectivity index (χ0v) is 19.6. The molecule has 2 rings (SSSR count). The summed E-state index contributed by atoms with van der Waals surface area (Å²) in [5.41, 5.74) is 0.543. The molecular formula is C20H22Cl2N2O6S. The fourth-order valence-corrected chi connectivity index (χ4v) is 4.38. The van der Waals surface area contributed by atoms with Crippen LogP contribution < -0.4 is 14.4 Å². The average Bonchev–Trinajstić information content (AvgIpc) is 2.68. The number of nitrogens with zero attached hydrogens (tertiary/aromatic N) is 1. The van der Waals surface area contributed by atoms with Gasteiger partial charge in [0, 0.05) is 5.02 Å². The van der Waals surface area contributed by atoms with Gasteiger partial charge in [-0.15, -0.1) is 0 Å². The molecule has 2 aromatic carbocycles. The minimum absolute atomic E-state index is 0.0948. The molecule has 31 heavy (non-hydrogen) atoms. The number of sulfonamides is 1. The number of nitrogens with one attached hydrogen (secondary N) is 1. The Morgan fingerprint density at radius 3 is 2.39 bits per heavy atom. The van der Waals surface area contributed by atoms with Crippen molar-refractivity contribution >= 4 is 56.5 Å². The van der Waals surface area contributed by atoms with Crippen molar-refractivity contribution in [3.05, 3.63) is 52.0 Å². The van der Waals surface area contributed by atoms with Crippen molar-refractivity contribution in [3.63, 3.8) is 0 Å². The summed E-state index contributed by atoms with van der Waals surface area (Å²) >= 11 is 12.2. The van der Waals surface area contributed by atoms with Crippen LogP contribution in [0.3, 0.4) is 0 Å². The van der Waals surface area contributed by atoms with Crippen molar-refractivity contribution in [1.82, 2.24) is 0 Å². The molecule has 1 N–H and O–H groups in total.